The molecule has 2 amide bonds. The fourth-order valence-electron chi connectivity index (χ4n) is 4.26. The number of amides is 2. The molecule has 1 aliphatic heterocycles. The molecule has 10 heteroatoms. The number of alkyl carbamates (subject to hydrolysis) is 1. The van der Waals surface area contributed by atoms with Crippen LogP contribution >= 0.6 is 0 Å². The van der Waals surface area contributed by atoms with Gasteiger partial charge in [0.15, 0.2) is 11.2 Å². The van der Waals surface area contributed by atoms with Crippen molar-refractivity contribution >= 4 is 23.4 Å². The number of carbonyl (C=O) groups excluding carboxylic acids is 2. The van der Waals surface area contributed by atoms with Gasteiger partial charge in [0.2, 0.25) is 5.76 Å². The van der Waals surface area contributed by atoms with Gasteiger partial charge in [0.05, 0.1) is 23.6 Å². The van der Waals surface area contributed by atoms with Crippen LogP contribution in [0.2, 0.25) is 0 Å². The lowest BCUT2D eigenvalue weighted by Gasteiger charge is -2.30. The van der Waals surface area contributed by atoms with Crippen LogP contribution in [0.3, 0.4) is 0 Å². The molecule has 3 aromatic rings. The molecule has 0 saturated carbocycles. The van der Waals surface area contributed by atoms with E-state index in [1.54, 1.807) is 49.9 Å². The van der Waals surface area contributed by atoms with Crippen LogP contribution in [-0.2, 0) is 28.0 Å². The molecular weight excluding hydrogens is 452 g/mol. The molecule has 182 valence electrons. The second kappa shape index (κ2) is 8.86. The van der Waals surface area contributed by atoms with Crippen molar-refractivity contribution in [3.63, 3.8) is 0 Å². The zero-order valence-corrected chi connectivity index (χ0v) is 19.9. The summed E-state index contributed by atoms with van der Waals surface area (Å²) in [6.45, 7) is 6.80. The van der Waals surface area contributed by atoms with Crippen LogP contribution in [0, 0.1) is 17.0 Å². The molecule has 1 aromatic heterocycles. The second-order valence-corrected chi connectivity index (χ2v) is 9.40. The molecule has 1 aliphatic rings. The summed E-state index contributed by atoms with van der Waals surface area (Å²) in [5.74, 6) is -0.579. The van der Waals surface area contributed by atoms with Crippen LogP contribution in [0.4, 0.5) is 16.2 Å². The molecular formula is C25H26N4O6. The minimum atomic E-state index is -1.70. The van der Waals surface area contributed by atoms with Crippen LogP contribution in [-0.4, -0.2) is 27.7 Å². The SMILES string of the molecule is Cc1noc(C[C@]2(NC(=O)OC(C)(C)C)C(=O)N(Cc3ccccc3)c3ccccc32)c1[N+](=O)[O-]. The van der Waals surface area contributed by atoms with E-state index < -0.39 is 28.1 Å². The molecule has 0 bridgehead atoms. The van der Waals surface area contributed by atoms with Crippen LogP contribution in [0.25, 0.3) is 0 Å². The van der Waals surface area contributed by atoms with Gasteiger partial charge < -0.3 is 19.5 Å². The van der Waals surface area contributed by atoms with Crippen molar-refractivity contribution in [3.05, 3.63) is 87.3 Å². The van der Waals surface area contributed by atoms with Crippen LogP contribution < -0.4 is 10.2 Å². The third kappa shape index (κ3) is 4.59. The van der Waals surface area contributed by atoms with Crippen molar-refractivity contribution in [2.75, 3.05) is 4.90 Å². The van der Waals surface area contributed by atoms with E-state index in [9.17, 15) is 19.7 Å². The van der Waals surface area contributed by atoms with Gasteiger partial charge in [-0.3, -0.25) is 14.9 Å². The summed E-state index contributed by atoms with van der Waals surface area (Å²) in [5, 5.41) is 18.2. The first-order valence-electron chi connectivity index (χ1n) is 11.1. The van der Waals surface area contributed by atoms with Gasteiger partial charge in [-0.05, 0) is 39.3 Å². The quantitative estimate of drug-likeness (QED) is 0.411. The van der Waals surface area contributed by atoms with E-state index in [1.165, 1.54) is 6.92 Å². The van der Waals surface area contributed by atoms with Gasteiger partial charge in [0.25, 0.3) is 5.91 Å². The summed E-state index contributed by atoms with van der Waals surface area (Å²) in [6.07, 6.45) is -1.15. The average Bonchev–Trinajstić information content (AvgIpc) is 3.25. The number of hydrogen-bond acceptors (Lipinski definition) is 7. The van der Waals surface area contributed by atoms with Crippen molar-refractivity contribution in [2.45, 2.75) is 51.8 Å². The standard InChI is InChI=1S/C25H26N4O6/c1-16-21(29(32)33)20(35-27-16)14-25(26-23(31)34-24(2,3)4)18-12-8-9-13-19(18)28(22(25)30)15-17-10-6-5-7-11-17/h5-13H,14-15H2,1-4H3,(H,26,31)/t25-/m1/s1. The maximum atomic E-state index is 14.1. The van der Waals surface area contributed by atoms with Gasteiger partial charge in [-0.25, -0.2) is 4.79 Å². The van der Waals surface area contributed by atoms with Gasteiger partial charge in [0, 0.05) is 5.56 Å². The topological polar surface area (TPSA) is 128 Å². The van der Waals surface area contributed by atoms with E-state index in [0.717, 1.165) is 5.56 Å². The van der Waals surface area contributed by atoms with Gasteiger partial charge in [-0.15, -0.1) is 0 Å². The Morgan fingerprint density at radius 2 is 1.83 bits per heavy atom. The number of anilines is 1. The Morgan fingerprint density at radius 3 is 2.49 bits per heavy atom. The summed E-state index contributed by atoms with van der Waals surface area (Å²) in [7, 11) is 0. The zero-order valence-electron chi connectivity index (χ0n) is 19.9. The first-order valence-corrected chi connectivity index (χ1v) is 11.1. The molecule has 0 radical (unpaired) electrons. The largest absolute Gasteiger partial charge is 0.444 e. The third-order valence-electron chi connectivity index (χ3n) is 5.67. The lowest BCUT2D eigenvalue weighted by Crippen LogP contribution is -2.55. The number of nitrogens with one attached hydrogen (secondary N) is 1. The monoisotopic (exact) mass is 478 g/mol. The maximum absolute atomic E-state index is 14.1. The Labute approximate surface area is 202 Å². The van der Waals surface area contributed by atoms with E-state index in [1.807, 2.05) is 30.3 Å². The van der Waals surface area contributed by atoms with Gasteiger partial charge in [0.1, 0.15) is 5.60 Å². The van der Waals surface area contributed by atoms with Gasteiger partial charge >= 0.3 is 11.8 Å². The highest BCUT2D eigenvalue weighted by atomic mass is 16.6. The van der Waals surface area contributed by atoms with E-state index in [-0.39, 0.29) is 30.1 Å². The number of nitro groups is 1. The number of nitrogens with zero attached hydrogens (tertiary/aromatic N) is 3. The summed E-state index contributed by atoms with van der Waals surface area (Å²) >= 11 is 0. The second-order valence-electron chi connectivity index (χ2n) is 9.40. The first kappa shape index (κ1) is 23.9. The van der Waals surface area contributed by atoms with E-state index in [0.29, 0.717) is 11.3 Å². The first-order chi connectivity index (χ1) is 16.5. The molecule has 0 aliphatic carbocycles. The summed E-state index contributed by atoms with van der Waals surface area (Å²) in [5.41, 5.74) is -0.841. The van der Waals surface area contributed by atoms with Crippen LogP contribution in [0.5, 0.6) is 0 Å². The summed E-state index contributed by atoms with van der Waals surface area (Å²) in [6, 6.07) is 16.4. The Morgan fingerprint density at radius 1 is 1.17 bits per heavy atom. The fraction of sp³-hybridized carbons (Fsp3) is 0.320. The van der Waals surface area contributed by atoms with E-state index in [2.05, 4.69) is 10.5 Å². The van der Waals surface area contributed by atoms with Crippen molar-refractivity contribution in [3.8, 4) is 0 Å². The number of carbonyl (C=O) groups is 2. The Hall–Kier alpha value is -4.21. The Bertz CT molecular complexity index is 1280. The normalized spacial score (nSPS) is 17.3. The van der Waals surface area contributed by atoms with Crippen LogP contribution in [0.15, 0.2) is 59.1 Å². The number of aryl methyl sites for hydroxylation is 1. The molecule has 2 aromatic carbocycles. The van der Waals surface area contributed by atoms with Gasteiger partial charge in [-0.2, -0.15) is 0 Å². The molecule has 1 N–H and O–H groups in total. The number of rotatable bonds is 6. The number of hydrogen-bond donors (Lipinski definition) is 1. The third-order valence-corrected chi connectivity index (χ3v) is 5.67. The summed E-state index contributed by atoms with van der Waals surface area (Å²) in [4.78, 5) is 39.7. The van der Waals surface area contributed by atoms with Crippen molar-refractivity contribution in [1.82, 2.24) is 10.5 Å². The number of ether oxygens (including phenoxy) is 1. The van der Waals surface area contributed by atoms with Gasteiger partial charge in [-0.1, -0.05) is 53.7 Å². The molecule has 0 saturated heterocycles. The van der Waals surface area contributed by atoms with E-state index >= 15 is 0 Å². The smallest absolute Gasteiger partial charge is 0.408 e. The Balaban J connectivity index is 1.84. The van der Waals surface area contributed by atoms with E-state index in [4.69, 9.17) is 9.26 Å². The number of para-hydroxylation sites is 1. The van der Waals surface area contributed by atoms with Crippen molar-refractivity contribution in [1.29, 1.82) is 0 Å². The maximum Gasteiger partial charge on any atom is 0.408 e. The predicted molar refractivity (Wildman–Crippen MR) is 127 cm³/mol. The average molecular weight is 479 g/mol. The lowest BCUT2D eigenvalue weighted by molar-refractivity contribution is -0.386. The van der Waals surface area contributed by atoms with Crippen molar-refractivity contribution < 1.29 is 23.8 Å². The predicted octanol–water partition coefficient (Wildman–Crippen LogP) is 4.40. The molecule has 10 nitrogen and oxygen atoms in total. The highest BCUT2D eigenvalue weighted by Crippen LogP contribution is 2.44. The molecule has 35 heavy (non-hydrogen) atoms. The molecule has 0 fully saturated rings. The Kier molecular flexibility index (Phi) is 6.06. The highest BCUT2D eigenvalue weighted by molar-refractivity contribution is 6.09. The molecule has 0 spiro atoms. The highest BCUT2D eigenvalue weighted by Gasteiger charge is 2.54. The minimum Gasteiger partial charge on any atom is -0.444 e. The molecule has 4 rings (SSSR count). The fourth-order valence-corrected chi connectivity index (χ4v) is 4.26. The number of benzene rings is 2. The summed E-state index contributed by atoms with van der Waals surface area (Å²) < 4.78 is 10.7. The molecule has 1 atom stereocenters. The molecule has 0 unspecified atom stereocenters. The van der Waals surface area contributed by atoms with Crippen molar-refractivity contribution in [2.24, 2.45) is 0 Å². The number of fused-ring (bicyclic) bond motifs is 1. The zero-order chi connectivity index (χ0) is 25.4. The number of aromatic nitrogens is 1. The molecule has 2 heterocycles. The minimum absolute atomic E-state index is 0.0808. The van der Waals surface area contributed by atoms with Crippen LogP contribution in [0.1, 0.15) is 43.4 Å². The lowest BCUT2D eigenvalue weighted by atomic mass is 9.86.